The second-order valence-corrected chi connectivity index (χ2v) is 5.92. The van der Waals surface area contributed by atoms with E-state index in [0.29, 0.717) is 18.1 Å². The van der Waals surface area contributed by atoms with Gasteiger partial charge in [0.05, 0.1) is 5.69 Å². The van der Waals surface area contributed by atoms with Crippen molar-refractivity contribution in [3.05, 3.63) is 29.6 Å². The number of nitrogens with zero attached hydrogens (tertiary/aromatic N) is 1. The van der Waals surface area contributed by atoms with Crippen LogP contribution >= 0.6 is 0 Å². The number of para-hydroxylation sites is 1. The Kier molecular flexibility index (Phi) is 3.48. The van der Waals surface area contributed by atoms with Gasteiger partial charge in [0.2, 0.25) is 0 Å². The molecular formula is C16H23FN2. The molecule has 0 aliphatic carbocycles. The quantitative estimate of drug-likeness (QED) is 0.899. The average molecular weight is 262 g/mol. The monoisotopic (exact) mass is 262 g/mol. The van der Waals surface area contributed by atoms with E-state index >= 15 is 0 Å². The van der Waals surface area contributed by atoms with Crippen molar-refractivity contribution in [1.29, 1.82) is 0 Å². The van der Waals surface area contributed by atoms with E-state index in [-0.39, 0.29) is 5.82 Å². The van der Waals surface area contributed by atoms with E-state index in [9.17, 15) is 4.39 Å². The van der Waals surface area contributed by atoms with Gasteiger partial charge in [-0.3, -0.25) is 0 Å². The minimum absolute atomic E-state index is 0.0567. The minimum atomic E-state index is -0.0567. The fourth-order valence-electron chi connectivity index (χ4n) is 3.95. The van der Waals surface area contributed by atoms with E-state index in [1.807, 2.05) is 19.1 Å². The van der Waals surface area contributed by atoms with Crippen molar-refractivity contribution in [2.75, 3.05) is 11.4 Å². The minimum Gasteiger partial charge on any atom is -0.363 e. The smallest absolute Gasteiger partial charge is 0.146 e. The predicted molar refractivity (Wildman–Crippen MR) is 77.1 cm³/mol. The molecule has 0 saturated carbocycles. The standard InChI is InChI=1S/C16H23FN2/c1-3-18-12-9-13-7-8-14(10-12)19(13)16-11(2)5-4-6-15(16)17/h4-6,12-14,18H,3,7-10H2,1-2H3. The van der Waals surface area contributed by atoms with Crippen molar-refractivity contribution >= 4 is 5.69 Å². The number of halogens is 1. The van der Waals surface area contributed by atoms with Crippen LogP contribution < -0.4 is 10.2 Å². The highest BCUT2D eigenvalue weighted by Crippen LogP contribution is 2.41. The molecule has 2 unspecified atom stereocenters. The SMILES string of the molecule is CCNC1CC2CCC(C1)N2c1c(C)cccc1F. The molecule has 3 heteroatoms. The first-order chi connectivity index (χ1) is 9.20. The molecule has 2 fully saturated rings. The van der Waals surface area contributed by atoms with Gasteiger partial charge in [0, 0.05) is 18.1 Å². The van der Waals surface area contributed by atoms with Gasteiger partial charge in [-0.2, -0.15) is 0 Å². The number of rotatable bonds is 3. The largest absolute Gasteiger partial charge is 0.363 e. The van der Waals surface area contributed by atoms with E-state index in [1.54, 1.807) is 6.07 Å². The summed E-state index contributed by atoms with van der Waals surface area (Å²) in [6.45, 7) is 5.21. The molecule has 1 aromatic carbocycles. The van der Waals surface area contributed by atoms with E-state index in [1.165, 1.54) is 12.8 Å². The third-order valence-corrected chi connectivity index (χ3v) is 4.67. The summed E-state index contributed by atoms with van der Waals surface area (Å²) in [6, 6.07) is 7.07. The summed E-state index contributed by atoms with van der Waals surface area (Å²) in [5, 5.41) is 3.57. The van der Waals surface area contributed by atoms with Gasteiger partial charge in [-0.25, -0.2) is 4.39 Å². The normalized spacial score (nSPS) is 29.8. The van der Waals surface area contributed by atoms with E-state index < -0.39 is 0 Å². The van der Waals surface area contributed by atoms with Crippen LogP contribution in [0.4, 0.5) is 10.1 Å². The molecule has 3 rings (SSSR count). The first kappa shape index (κ1) is 12.9. The van der Waals surface area contributed by atoms with Crippen LogP contribution in [0.25, 0.3) is 0 Å². The Hall–Kier alpha value is -1.09. The third kappa shape index (κ3) is 2.25. The number of piperidine rings is 1. The zero-order valence-electron chi connectivity index (χ0n) is 11.8. The molecule has 0 spiro atoms. The highest BCUT2D eigenvalue weighted by Gasteiger charge is 2.41. The summed E-state index contributed by atoms with van der Waals surface area (Å²) in [7, 11) is 0. The highest BCUT2D eigenvalue weighted by molar-refractivity contribution is 5.57. The average Bonchev–Trinajstić information content (AvgIpc) is 2.63. The number of hydrogen-bond acceptors (Lipinski definition) is 2. The summed E-state index contributed by atoms with van der Waals surface area (Å²) in [6.07, 6.45) is 4.72. The zero-order chi connectivity index (χ0) is 13.4. The number of hydrogen-bond donors (Lipinski definition) is 1. The number of aryl methyl sites for hydroxylation is 1. The van der Waals surface area contributed by atoms with Crippen LogP contribution in [-0.2, 0) is 0 Å². The zero-order valence-corrected chi connectivity index (χ0v) is 11.8. The molecule has 2 atom stereocenters. The lowest BCUT2D eigenvalue weighted by molar-refractivity contribution is 0.358. The Balaban J connectivity index is 1.88. The first-order valence-corrected chi connectivity index (χ1v) is 7.47. The van der Waals surface area contributed by atoms with Crippen LogP contribution in [0, 0.1) is 12.7 Å². The molecule has 1 aromatic rings. The summed E-state index contributed by atoms with van der Waals surface area (Å²) in [5.41, 5.74) is 1.92. The Morgan fingerprint density at radius 2 is 1.95 bits per heavy atom. The molecule has 2 aliphatic heterocycles. The van der Waals surface area contributed by atoms with E-state index in [2.05, 4.69) is 17.1 Å². The summed E-state index contributed by atoms with van der Waals surface area (Å²) in [4.78, 5) is 2.37. The van der Waals surface area contributed by atoms with E-state index in [4.69, 9.17) is 0 Å². The molecule has 0 amide bonds. The van der Waals surface area contributed by atoms with Gasteiger partial charge < -0.3 is 10.2 Å². The number of anilines is 1. The molecule has 0 radical (unpaired) electrons. The number of fused-ring (bicyclic) bond motifs is 2. The lowest BCUT2D eigenvalue weighted by Gasteiger charge is -2.41. The Morgan fingerprint density at radius 3 is 2.53 bits per heavy atom. The Bertz CT molecular complexity index is 426. The summed E-state index contributed by atoms with van der Waals surface area (Å²) in [5.74, 6) is -0.0567. The van der Waals surface area contributed by atoms with Crippen LogP contribution in [0.1, 0.15) is 38.2 Å². The highest BCUT2D eigenvalue weighted by atomic mass is 19.1. The summed E-state index contributed by atoms with van der Waals surface area (Å²) >= 11 is 0. The van der Waals surface area contributed by atoms with Crippen LogP contribution in [0.3, 0.4) is 0 Å². The second-order valence-electron chi connectivity index (χ2n) is 5.92. The molecular weight excluding hydrogens is 239 g/mol. The Morgan fingerprint density at radius 1 is 1.26 bits per heavy atom. The fraction of sp³-hybridized carbons (Fsp3) is 0.625. The van der Waals surface area contributed by atoms with Crippen LogP contribution in [0.2, 0.25) is 0 Å². The van der Waals surface area contributed by atoms with Gasteiger partial charge in [0.1, 0.15) is 5.82 Å². The molecule has 104 valence electrons. The van der Waals surface area contributed by atoms with Crippen LogP contribution in [0.5, 0.6) is 0 Å². The summed E-state index contributed by atoms with van der Waals surface area (Å²) < 4.78 is 14.2. The molecule has 2 heterocycles. The molecule has 1 N–H and O–H groups in total. The predicted octanol–water partition coefficient (Wildman–Crippen LogP) is 3.24. The van der Waals surface area contributed by atoms with Gasteiger partial charge in [-0.05, 0) is 50.8 Å². The third-order valence-electron chi connectivity index (χ3n) is 4.67. The van der Waals surface area contributed by atoms with Crippen molar-refractivity contribution in [2.24, 2.45) is 0 Å². The molecule has 2 aliphatic rings. The topological polar surface area (TPSA) is 15.3 Å². The van der Waals surface area contributed by atoms with Crippen molar-refractivity contribution in [2.45, 2.75) is 57.7 Å². The van der Waals surface area contributed by atoms with Crippen LogP contribution in [-0.4, -0.2) is 24.7 Å². The maximum atomic E-state index is 14.2. The first-order valence-electron chi connectivity index (χ1n) is 7.47. The van der Waals surface area contributed by atoms with Crippen molar-refractivity contribution in [1.82, 2.24) is 5.32 Å². The van der Waals surface area contributed by atoms with Crippen molar-refractivity contribution in [3.63, 3.8) is 0 Å². The van der Waals surface area contributed by atoms with Gasteiger partial charge in [0.25, 0.3) is 0 Å². The van der Waals surface area contributed by atoms with Crippen molar-refractivity contribution < 1.29 is 4.39 Å². The molecule has 2 nitrogen and oxygen atoms in total. The Labute approximate surface area is 115 Å². The van der Waals surface area contributed by atoms with Gasteiger partial charge in [-0.15, -0.1) is 0 Å². The lowest BCUT2D eigenvalue weighted by atomic mass is 9.95. The molecule has 2 bridgehead atoms. The molecule has 19 heavy (non-hydrogen) atoms. The van der Waals surface area contributed by atoms with Gasteiger partial charge in [0.15, 0.2) is 0 Å². The lowest BCUT2D eigenvalue weighted by Crippen LogP contribution is -2.49. The molecule has 2 saturated heterocycles. The maximum Gasteiger partial charge on any atom is 0.146 e. The number of nitrogens with one attached hydrogen (secondary N) is 1. The molecule has 0 aromatic heterocycles. The van der Waals surface area contributed by atoms with Gasteiger partial charge >= 0.3 is 0 Å². The number of benzene rings is 1. The van der Waals surface area contributed by atoms with Crippen molar-refractivity contribution in [3.8, 4) is 0 Å². The van der Waals surface area contributed by atoms with E-state index in [0.717, 1.165) is 30.6 Å². The van der Waals surface area contributed by atoms with Gasteiger partial charge in [-0.1, -0.05) is 19.1 Å². The fourth-order valence-corrected chi connectivity index (χ4v) is 3.95. The second kappa shape index (κ2) is 5.12. The maximum absolute atomic E-state index is 14.2. The van der Waals surface area contributed by atoms with Crippen LogP contribution in [0.15, 0.2) is 18.2 Å².